The van der Waals surface area contributed by atoms with E-state index in [1.54, 1.807) is 0 Å². The number of aliphatic hydroxyl groups is 2. The van der Waals surface area contributed by atoms with E-state index < -0.39 is 5.97 Å². The lowest BCUT2D eigenvalue weighted by molar-refractivity contribution is -0.194. The highest BCUT2D eigenvalue weighted by atomic mass is 16.7. The Morgan fingerprint density at radius 3 is 2.29 bits per heavy atom. The average molecular weight is 205 g/mol. The number of nitrogens with zero attached hydrogens (tertiary/aromatic N) is 1. The monoisotopic (exact) mass is 205 g/mol. The zero-order valence-corrected chi connectivity index (χ0v) is 7.89. The van der Waals surface area contributed by atoms with Crippen LogP contribution in [0.15, 0.2) is 0 Å². The lowest BCUT2D eigenvalue weighted by Crippen LogP contribution is -2.32. The Morgan fingerprint density at radius 1 is 1.29 bits per heavy atom. The minimum atomic E-state index is -0.543. The first-order valence-corrected chi connectivity index (χ1v) is 4.35. The number of hydrogen-bond acceptors (Lipinski definition) is 6. The smallest absolute Gasteiger partial charge is 0.325 e. The normalized spacial score (nSPS) is 10.2. The molecule has 0 amide bonds. The Labute approximate surface area is 82.0 Å². The molecular weight excluding hydrogens is 190 g/mol. The van der Waals surface area contributed by atoms with Gasteiger partial charge in [0.1, 0.15) is 6.29 Å². The molecule has 0 heterocycles. The van der Waals surface area contributed by atoms with Crippen LogP contribution in [0.25, 0.3) is 0 Å². The molecule has 0 aliphatic carbocycles. The van der Waals surface area contributed by atoms with E-state index in [4.69, 9.17) is 15.1 Å². The van der Waals surface area contributed by atoms with E-state index in [0.717, 1.165) is 5.06 Å². The van der Waals surface area contributed by atoms with Crippen LogP contribution in [0.2, 0.25) is 0 Å². The maximum atomic E-state index is 11.0. The Kier molecular flexibility index (Phi) is 8.01. The van der Waals surface area contributed by atoms with Gasteiger partial charge in [0.2, 0.25) is 0 Å². The second kappa shape index (κ2) is 8.61. The zero-order valence-electron chi connectivity index (χ0n) is 7.89. The highest BCUT2D eigenvalue weighted by Crippen LogP contribution is 1.95. The molecule has 14 heavy (non-hydrogen) atoms. The molecule has 0 aromatic carbocycles. The van der Waals surface area contributed by atoms with E-state index in [-0.39, 0.29) is 39.1 Å². The Balaban J connectivity index is 3.76. The van der Waals surface area contributed by atoms with Gasteiger partial charge in [-0.1, -0.05) is 0 Å². The van der Waals surface area contributed by atoms with Crippen molar-refractivity contribution in [2.24, 2.45) is 0 Å². The highest BCUT2D eigenvalue weighted by molar-refractivity contribution is 5.72. The molecular formula is C8H15NO5. The summed E-state index contributed by atoms with van der Waals surface area (Å²) < 4.78 is 0. The third-order valence-electron chi connectivity index (χ3n) is 1.40. The molecule has 6 heteroatoms. The molecule has 0 aliphatic heterocycles. The summed E-state index contributed by atoms with van der Waals surface area (Å²) in [6, 6.07) is 0. The standard InChI is InChI=1S/C8H15NO5/c10-5-1-2-8(13)14-9(3-6-11)4-7-12/h5,11-12H,1-4,6-7H2. The third kappa shape index (κ3) is 6.53. The van der Waals surface area contributed by atoms with Crippen LogP contribution < -0.4 is 0 Å². The van der Waals surface area contributed by atoms with Crippen molar-refractivity contribution in [3.8, 4) is 0 Å². The minimum Gasteiger partial charge on any atom is -0.395 e. The maximum Gasteiger partial charge on any atom is 0.325 e. The fraction of sp³-hybridized carbons (Fsp3) is 0.750. The van der Waals surface area contributed by atoms with Crippen LogP contribution >= 0.6 is 0 Å². The van der Waals surface area contributed by atoms with Gasteiger partial charge in [0.25, 0.3) is 0 Å². The van der Waals surface area contributed by atoms with Crippen LogP contribution in [0.5, 0.6) is 0 Å². The fourth-order valence-electron chi connectivity index (χ4n) is 0.793. The van der Waals surface area contributed by atoms with E-state index in [1.807, 2.05) is 0 Å². The molecule has 0 aliphatic rings. The Bertz CT molecular complexity index is 167. The summed E-state index contributed by atoms with van der Waals surface area (Å²) in [5.74, 6) is -0.543. The van der Waals surface area contributed by atoms with Gasteiger partial charge < -0.3 is 19.8 Å². The van der Waals surface area contributed by atoms with Crippen LogP contribution in [-0.4, -0.2) is 53.8 Å². The van der Waals surface area contributed by atoms with Gasteiger partial charge in [-0.2, -0.15) is 0 Å². The number of rotatable bonds is 8. The van der Waals surface area contributed by atoms with Gasteiger partial charge in [-0.05, 0) is 0 Å². The summed E-state index contributed by atoms with van der Waals surface area (Å²) in [6.45, 7) is -0.0390. The average Bonchev–Trinajstić information content (AvgIpc) is 2.15. The topological polar surface area (TPSA) is 87.1 Å². The van der Waals surface area contributed by atoms with E-state index in [0.29, 0.717) is 6.29 Å². The van der Waals surface area contributed by atoms with E-state index in [9.17, 15) is 9.59 Å². The van der Waals surface area contributed by atoms with Crippen molar-refractivity contribution in [1.29, 1.82) is 0 Å². The third-order valence-corrected chi connectivity index (χ3v) is 1.40. The predicted molar refractivity (Wildman–Crippen MR) is 47.1 cm³/mol. The summed E-state index contributed by atoms with van der Waals surface area (Å²) >= 11 is 0. The molecule has 0 rings (SSSR count). The number of carbonyl (C=O) groups is 2. The SMILES string of the molecule is O=CCCC(=O)ON(CCO)CCO. The van der Waals surface area contributed by atoms with Crippen LogP contribution in [-0.2, 0) is 14.4 Å². The summed E-state index contributed by atoms with van der Waals surface area (Å²) in [5, 5.41) is 18.3. The quantitative estimate of drug-likeness (QED) is 0.379. The first kappa shape index (κ1) is 13.0. The second-order valence-electron chi connectivity index (χ2n) is 2.54. The molecule has 0 atom stereocenters. The van der Waals surface area contributed by atoms with Gasteiger partial charge in [0.15, 0.2) is 0 Å². The highest BCUT2D eigenvalue weighted by Gasteiger charge is 2.10. The largest absolute Gasteiger partial charge is 0.395 e. The molecule has 0 bridgehead atoms. The Hall–Kier alpha value is -0.980. The molecule has 0 radical (unpaired) electrons. The molecule has 6 nitrogen and oxygen atoms in total. The molecule has 0 aromatic heterocycles. The van der Waals surface area contributed by atoms with Crippen molar-refractivity contribution < 1.29 is 24.6 Å². The van der Waals surface area contributed by atoms with E-state index in [2.05, 4.69) is 0 Å². The van der Waals surface area contributed by atoms with Gasteiger partial charge in [-0.15, -0.1) is 5.06 Å². The number of aliphatic hydroxyl groups excluding tert-OH is 2. The van der Waals surface area contributed by atoms with Crippen molar-refractivity contribution in [3.63, 3.8) is 0 Å². The molecule has 0 aromatic rings. The number of hydroxylamine groups is 2. The van der Waals surface area contributed by atoms with E-state index >= 15 is 0 Å². The van der Waals surface area contributed by atoms with Gasteiger partial charge in [0.05, 0.1) is 32.7 Å². The van der Waals surface area contributed by atoms with Gasteiger partial charge >= 0.3 is 5.97 Å². The van der Waals surface area contributed by atoms with Crippen molar-refractivity contribution in [1.82, 2.24) is 5.06 Å². The number of carbonyl (C=O) groups excluding carboxylic acids is 2. The number of aldehydes is 1. The summed E-state index contributed by atoms with van der Waals surface area (Å²) in [7, 11) is 0. The molecule has 0 saturated carbocycles. The second-order valence-corrected chi connectivity index (χ2v) is 2.54. The maximum absolute atomic E-state index is 11.0. The summed E-state index contributed by atoms with van der Waals surface area (Å²) in [4.78, 5) is 25.7. The lowest BCUT2D eigenvalue weighted by atomic mass is 10.3. The fourth-order valence-corrected chi connectivity index (χ4v) is 0.793. The molecule has 0 unspecified atom stereocenters. The van der Waals surface area contributed by atoms with Crippen molar-refractivity contribution >= 4 is 12.3 Å². The van der Waals surface area contributed by atoms with Gasteiger partial charge in [0, 0.05) is 6.42 Å². The van der Waals surface area contributed by atoms with Crippen LogP contribution in [0, 0.1) is 0 Å². The van der Waals surface area contributed by atoms with Crippen LogP contribution in [0.1, 0.15) is 12.8 Å². The number of hydrogen-bond donors (Lipinski definition) is 2. The van der Waals surface area contributed by atoms with Crippen molar-refractivity contribution in [2.75, 3.05) is 26.3 Å². The van der Waals surface area contributed by atoms with Gasteiger partial charge in [-0.25, -0.2) is 0 Å². The minimum absolute atomic E-state index is 0.0108. The first-order chi connectivity index (χ1) is 6.74. The molecule has 82 valence electrons. The Morgan fingerprint density at radius 2 is 1.86 bits per heavy atom. The molecule has 0 spiro atoms. The molecule has 2 N–H and O–H groups in total. The van der Waals surface area contributed by atoms with Crippen LogP contribution in [0.4, 0.5) is 0 Å². The van der Waals surface area contributed by atoms with Crippen LogP contribution in [0.3, 0.4) is 0 Å². The molecule has 0 fully saturated rings. The zero-order chi connectivity index (χ0) is 10.8. The first-order valence-electron chi connectivity index (χ1n) is 4.35. The summed E-state index contributed by atoms with van der Waals surface area (Å²) in [5.41, 5.74) is 0. The van der Waals surface area contributed by atoms with E-state index in [1.165, 1.54) is 0 Å². The lowest BCUT2D eigenvalue weighted by Gasteiger charge is -2.18. The van der Waals surface area contributed by atoms with Crippen molar-refractivity contribution in [2.45, 2.75) is 12.8 Å². The molecule has 0 saturated heterocycles. The van der Waals surface area contributed by atoms with Gasteiger partial charge in [-0.3, -0.25) is 4.79 Å². The predicted octanol–water partition coefficient (Wildman–Crippen LogP) is -1.29. The summed E-state index contributed by atoms with van der Waals surface area (Å²) in [6.07, 6.45) is 0.755. The van der Waals surface area contributed by atoms with Crippen molar-refractivity contribution in [3.05, 3.63) is 0 Å².